The Labute approximate surface area is 262 Å². The molecule has 0 amide bonds. The van der Waals surface area contributed by atoms with Crippen LogP contribution in [0.3, 0.4) is 0 Å². The highest BCUT2D eigenvalue weighted by Gasteiger charge is 2.10. The van der Waals surface area contributed by atoms with E-state index in [0.29, 0.717) is 0 Å². The van der Waals surface area contributed by atoms with Gasteiger partial charge in [-0.1, -0.05) is 57.9 Å². The molecule has 0 unspecified atom stereocenters. The molecular formula is C36H50O8. The minimum atomic E-state index is -0.617. The summed E-state index contributed by atoms with van der Waals surface area (Å²) in [6, 6.07) is 12.3. The molecule has 0 aliphatic rings. The van der Waals surface area contributed by atoms with Gasteiger partial charge in [0, 0.05) is 0 Å². The fourth-order valence-corrected chi connectivity index (χ4v) is 4.68. The molecule has 2 N–H and O–H groups in total. The number of carbonyl (C=O) groups excluding carboxylic acids is 2. The topological polar surface area (TPSA) is 112 Å². The van der Waals surface area contributed by atoms with Crippen LogP contribution in [-0.4, -0.2) is 61.8 Å². The molecule has 0 atom stereocenters. The number of ether oxygens (including phenoxy) is 4. The summed E-state index contributed by atoms with van der Waals surface area (Å²) in [5, 5.41) is 17.9. The van der Waals surface area contributed by atoms with Gasteiger partial charge in [0.2, 0.25) is 0 Å². The number of aryl methyl sites for hydroxylation is 4. The molecule has 0 radical (unpaired) electrons. The first-order valence-corrected chi connectivity index (χ1v) is 15.7. The van der Waals surface area contributed by atoms with E-state index < -0.39 is 25.2 Å². The largest absolute Gasteiger partial charge is 0.490 e. The second-order valence-corrected chi connectivity index (χ2v) is 10.9. The number of hydrogen-bond acceptors (Lipinski definition) is 8. The van der Waals surface area contributed by atoms with Crippen LogP contribution in [0.1, 0.15) is 74.1 Å². The van der Waals surface area contributed by atoms with Gasteiger partial charge in [-0.15, -0.1) is 0 Å². The van der Waals surface area contributed by atoms with Gasteiger partial charge in [0.05, 0.1) is 24.4 Å². The number of rotatable bonds is 23. The molecule has 2 aromatic carbocycles. The predicted octanol–water partition coefficient (Wildman–Crippen LogP) is 6.01. The van der Waals surface area contributed by atoms with Crippen molar-refractivity contribution in [3.05, 3.63) is 83.0 Å². The van der Waals surface area contributed by atoms with Gasteiger partial charge >= 0.3 is 11.9 Å². The van der Waals surface area contributed by atoms with E-state index in [1.807, 2.05) is 18.2 Å². The van der Waals surface area contributed by atoms with E-state index in [0.717, 1.165) is 55.6 Å². The van der Waals surface area contributed by atoms with Crippen LogP contribution in [0.2, 0.25) is 0 Å². The zero-order chi connectivity index (χ0) is 32.2. The first-order chi connectivity index (χ1) is 21.3. The molecule has 8 nitrogen and oxygen atoms in total. The van der Waals surface area contributed by atoms with Gasteiger partial charge in [-0.25, -0.2) is 9.59 Å². The van der Waals surface area contributed by atoms with E-state index in [-0.39, 0.29) is 37.6 Å². The summed E-state index contributed by atoms with van der Waals surface area (Å²) in [4.78, 5) is 23.2. The van der Waals surface area contributed by atoms with Crippen molar-refractivity contribution in [3.8, 4) is 11.5 Å². The lowest BCUT2D eigenvalue weighted by Crippen LogP contribution is -2.15. The van der Waals surface area contributed by atoms with Crippen LogP contribution in [0, 0.1) is 6.92 Å². The van der Waals surface area contributed by atoms with Gasteiger partial charge in [-0.2, -0.15) is 0 Å². The van der Waals surface area contributed by atoms with E-state index in [9.17, 15) is 9.59 Å². The van der Waals surface area contributed by atoms with E-state index in [1.54, 1.807) is 0 Å². The van der Waals surface area contributed by atoms with Crippen molar-refractivity contribution in [3.63, 3.8) is 0 Å². The number of unbranched alkanes of at least 4 members (excludes halogenated alkanes) is 5. The lowest BCUT2D eigenvalue weighted by Gasteiger charge is -2.14. The molecule has 0 fully saturated rings. The van der Waals surface area contributed by atoms with E-state index in [1.165, 1.54) is 42.4 Å². The molecule has 0 aromatic heterocycles. The standard InChI is InChI=1S/C36H50O8/c1-5-6-7-8-9-14-32-24-34(42-20-22-44-36(40)29(4)26-38)18-16-31(32)13-11-10-12-30-15-17-33(23-27(30)2)41-19-21-43-35(39)28(3)25-37/h15-18,23-24,37-38H,3-14,19-22,25-26H2,1-2H3. The van der Waals surface area contributed by atoms with Crippen molar-refractivity contribution in [2.24, 2.45) is 0 Å². The fraction of sp³-hybridized carbons (Fsp3) is 0.500. The van der Waals surface area contributed by atoms with Gasteiger partial charge < -0.3 is 29.2 Å². The first-order valence-electron chi connectivity index (χ1n) is 15.7. The molecule has 2 aromatic rings. The second kappa shape index (κ2) is 21.1. The van der Waals surface area contributed by atoms with Crippen molar-refractivity contribution in [1.82, 2.24) is 0 Å². The normalized spacial score (nSPS) is 10.7. The van der Waals surface area contributed by atoms with Gasteiger partial charge in [0.15, 0.2) is 0 Å². The SMILES string of the molecule is C=C(CO)C(=O)OCCOc1ccc(CCCCc2ccc(OCCOC(=O)C(=C)CO)cc2CCCCCCC)c(C)c1. The summed E-state index contributed by atoms with van der Waals surface area (Å²) in [7, 11) is 0. The Morgan fingerprint density at radius 1 is 0.636 bits per heavy atom. The monoisotopic (exact) mass is 610 g/mol. The van der Waals surface area contributed by atoms with Crippen LogP contribution in [0.25, 0.3) is 0 Å². The van der Waals surface area contributed by atoms with E-state index in [4.69, 9.17) is 29.2 Å². The highest BCUT2D eigenvalue weighted by Crippen LogP contribution is 2.24. The molecule has 0 saturated heterocycles. The Balaban J connectivity index is 1.85. The molecule has 2 rings (SSSR count). The van der Waals surface area contributed by atoms with Crippen LogP contribution in [0.4, 0.5) is 0 Å². The lowest BCUT2D eigenvalue weighted by molar-refractivity contribution is -0.141. The number of aliphatic hydroxyl groups excluding tert-OH is 2. The maximum atomic E-state index is 11.7. The third-order valence-corrected chi connectivity index (χ3v) is 7.31. The van der Waals surface area contributed by atoms with Crippen molar-refractivity contribution in [1.29, 1.82) is 0 Å². The Kier molecular flexibility index (Phi) is 17.6. The first kappa shape index (κ1) is 36.6. The van der Waals surface area contributed by atoms with Crippen molar-refractivity contribution >= 4 is 11.9 Å². The van der Waals surface area contributed by atoms with Crippen molar-refractivity contribution in [2.75, 3.05) is 39.6 Å². The third kappa shape index (κ3) is 13.8. The molecule has 0 heterocycles. The van der Waals surface area contributed by atoms with E-state index in [2.05, 4.69) is 45.2 Å². The maximum Gasteiger partial charge on any atom is 0.335 e. The number of carbonyl (C=O) groups is 2. The van der Waals surface area contributed by atoms with Crippen LogP contribution < -0.4 is 9.47 Å². The maximum absolute atomic E-state index is 11.7. The van der Waals surface area contributed by atoms with Crippen LogP contribution in [-0.2, 0) is 38.3 Å². The average molecular weight is 611 g/mol. The summed E-state index contributed by atoms with van der Waals surface area (Å²) < 4.78 is 21.6. The van der Waals surface area contributed by atoms with Crippen LogP contribution >= 0.6 is 0 Å². The van der Waals surface area contributed by atoms with Gasteiger partial charge in [0.1, 0.15) is 37.9 Å². The summed E-state index contributed by atoms with van der Waals surface area (Å²) >= 11 is 0. The third-order valence-electron chi connectivity index (χ3n) is 7.31. The quantitative estimate of drug-likeness (QED) is 0.0894. The number of benzene rings is 2. The molecule has 0 aliphatic heterocycles. The average Bonchev–Trinajstić information content (AvgIpc) is 3.03. The fourth-order valence-electron chi connectivity index (χ4n) is 4.68. The minimum Gasteiger partial charge on any atom is -0.490 e. The zero-order valence-corrected chi connectivity index (χ0v) is 26.5. The lowest BCUT2D eigenvalue weighted by atomic mass is 9.95. The Bertz CT molecular complexity index is 1200. The highest BCUT2D eigenvalue weighted by molar-refractivity contribution is 5.88. The second-order valence-electron chi connectivity index (χ2n) is 10.9. The van der Waals surface area contributed by atoms with Gasteiger partial charge in [-0.3, -0.25) is 0 Å². The number of aliphatic hydroxyl groups is 2. The molecule has 44 heavy (non-hydrogen) atoms. The molecule has 0 bridgehead atoms. The molecule has 0 saturated carbocycles. The highest BCUT2D eigenvalue weighted by atomic mass is 16.6. The smallest absolute Gasteiger partial charge is 0.335 e. The summed E-state index contributed by atoms with van der Waals surface area (Å²) in [5.74, 6) is 0.262. The Morgan fingerprint density at radius 2 is 1.11 bits per heavy atom. The molecule has 8 heteroatoms. The minimum absolute atomic E-state index is 0.0227. The molecule has 0 aliphatic carbocycles. The number of hydrogen-bond donors (Lipinski definition) is 2. The molecule has 0 spiro atoms. The van der Waals surface area contributed by atoms with Gasteiger partial charge in [-0.05, 0) is 92.0 Å². The summed E-state index contributed by atoms with van der Waals surface area (Å²) in [6.45, 7) is 11.0. The van der Waals surface area contributed by atoms with Crippen molar-refractivity contribution in [2.45, 2.75) is 78.1 Å². The Morgan fingerprint density at radius 3 is 1.66 bits per heavy atom. The van der Waals surface area contributed by atoms with Gasteiger partial charge in [0.25, 0.3) is 0 Å². The van der Waals surface area contributed by atoms with Crippen LogP contribution in [0.5, 0.6) is 11.5 Å². The Hall–Kier alpha value is -3.62. The predicted molar refractivity (Wildman–Crippen MR) is 172 cm³/mol. The summed E-state index contributed by atoms with van der Waals surface area (Å²) in [6.07, 6.45) is 11.2. The van der Waals surface area contributed by atoms with Crippen molar-refractivity contribution < 1.29 is 38.7 Å². The van der Waals surface area contributed by atoms with Crippen LogP contribution in [0.15, 0.2) is 60.7 Å². The summed E-state index contributed by atoms with van der Waals surface area (Å²) in [5.41, 5.74) is 5.16. The zero-order valence-electron chi connectivity index (χ0n) is 26.5. The number of esters is 2. The van der Waals surface area contributed by atoms with E-state index >= 15 is 0 Å². The molecular weight excluding hydrogens is 560 g/mol. The molecule has 242 valence electrons.